The second kappa shape index (κ2) is 4.07. The summed E-state index contributed by atoms with van der Waals surface area (Å²) in [7, 11) is 0. The highest BCUT2D eigenvalue weighted by molar-refractivity contribution is 4.70. The molecule has 0 aliphatic carbocycles. The van der Waals surface area contributed by atoms with Crippen LogP contribution >= 0.6 is 0 Å². The van der Waals surface area contributed by atoms with Gasteiger partial charge in [-0.15, -0.1) is 0 Å². The van der Waals surface area contributed by atoms with Gasteiger partial charge in [-0.1, -0.05) is 13.3 Å². The van der Waals surface area contributed by atoms with Gasteiger partial charge in [0.05, 0.1) is 6.10 Å². The third kappa shape index (κ3) is 2.46. The van der Waals surface area contributed by atoms with Crippen molar-refractivity contribution >= 4 is 0 Å². The molecule has 0 aromatic heterocycles. The first-order chi connectivity index (χ1) is 5.24. The van der Waals surface area contributed by atoms with Crippen LogP contribution in [0.1, 0.15) is 39.5 Å². The summed E-state index contributed by atoms with van der Waals surface area (Å²) in [6.07, 6.45) is 4.20. The number of hydrogen-bond acceptors (Lipinski definition) is 2. The van der Waals surface area contributed by atoms with E-state index in [2.05, 4.69) is 6.92 Å². The summed E-state index contributed by atoms with van der Waals surface area (Å²) >= 11 is 0. The Morgan fingerprint density at radius 3 is 2.73 bits per heavy atom. The molecule has 0 saturated carbocycles. The van der Waals surface area contributed by atoms with Gasteiger partial charge in [0.1, 0.15) is 0 Å². The molecule has 2 nitrogen and oxygen atoms in total. The minimum absolute atomic E-state index is 0.248. The quantitative estimate of drug-likeness (QED) is 0.665. The van der Waals surface area contributed by atoms with Crippen molar-refractivity contribution in [3.8, 4) is 0 Å². The average molecular weight is 158 g/mol. The number of aliphatic hydroxyl groups excluding tert-OH is 1. The van der Waals surface area contributed by atoms with Gasteiger partial charge in [-0.3, -0.25) is 0 Å². The lowest BCUT2D eigenvalue weighted by Gasteiger charge is -2.31. The molecule has 0 bridgehead atoms. The van der Waals surface area contributed by atoms with Gasteiger partial charge >= 0.3 is 0 Å². The standard InChI is InChI=1S/C9H18O2/c1-3-4-8-6-5-7(2)11-9(8)10/h7-10H,3-6H2,1-2H3. The first kappa shape index (κ1) is 9.01. The first-order valence-corrected chi connectivity index (χ1v) is 4.57. The molecule has 1 aliphatic heterocycles. The molecule has 0 amide bonds. The van der Waals surface area contributed by atoms with Gasteiger partial charge in [-0.05, 0) is 26.2 Å². The lowest BCUT2D eigenvalue weighted by molar-refractivity contribution is -0.189. The molecule has 3 atom stereocenters. The van der Waals surface area contributed by atoms with E-state index < -0.39 is 6.29 Å². The minimum Gasteiger partial charge on any atom is -0.368 e. The summed E-state index contributed by atoms with van der Waals surface area (Å²) in [5, 5.41) is 9.45. The molecule has 3 unspecified atom stereocenters. The summed E-state index contributed by atoms with van der Waals surface area (Å²) in [5.74, 6) is 0.385. The molecular formula is C9H18O2. The van der Waals surface area contributed by atoms with Crippen molar-refractivity contribution in [2.75, 3.05) is 0 Å². The molecule has 0 aromatic rings. The van der Waals surface area contributed by atoms with E-state index in [1.807, 2.05) is 6.92 Å². The molecule has 1 rings (SSSR count). The molecule has 66 valence electrons. The molecule has 1 N–H and O–H groups in total. The van der Waals surface area contributed by atoms with Crippen molar-refractivity contribution in [2.45, 2.75) is 51.9 Å². The smallest absolute Gasteiger partial charge is 0.157 e. The van der Waals surface area contributed by atoms with Crippen LogP contribution < -0.4 is 0 Å². The van der Waals surface area contributed by atoms with Crippen LogP contribution in [0.15, 0.2) is 0 Å². The summed E-state index contributed by atoms with van der Waals surface area (Å²) < 4.78 is 5.31. The topological polar surface area (TPSA) is 29.5 Å². The van der Waals surface area contributed by atoms with Crippen LogP contribution in [0.3, 0.4) is 0 Å². The normalized spacial score (nSPS) is 39.0. The third-order valence-corrected chi connectivity index (χ3v) is 2.38. The number of rotatable bonds is 2. The van der Waals surface area contributed by atoms with Crippen LogP contribution in [0.25, 0.3) is 0 Å². The zero-order valence-corrected chi connectivity index (χ0v) is 7.42. The van der Waals surface area contributed by atoms with Gasteiger partial charge in [-0.25, -0.2) is 0 Å². The van der Waals surface area contributed by atoms with Crippen LogP contribution in [0.2, 0.25) is 0 Å². The van der Waals surface area contributed by atoms with Crippen molar-refractivity contribution in [1.29, 1.82) is 0 Å². The second-order valence-electron chi connectivity index (χ2n) is 3.46. The summed E-state index contributed by atoms with van der Waals surface area (Å²) in [6.45, 7) is 4.16. The van der Waals surface area contributed by atoms with Gasteiger partial charge in [-0.2, -0.15) is 0 Å². The van der Waals surface area contributed by atoms with Gasteiger partial charge < -0.3 is 9.84 Å². The summed E-state index contributed by atoms with van der Waals surface area (Å²) in [5.41, 5.74) is 0. The highest BCUT2D eigenvalue weighted by atomic mass is 16.6. The molecule has 0 aromatic carbocycles. The predicted octanol–water partition coefficient (Wildman–Crippen LogP) is 1.92. The molecule has 2 heteroatoms. The van der Waals surface area contributed by atoms with Crippen LogP contribution in [-0.4, -0.2) is 17.5 Å². The lowest BCUT2D eigenvalue weighted by Crippen LogP contribution is -2.33. The fraction of sp³-hybridized carbons (Fsp3) is 1.00. The van der Waals surface area contributed by atoms with E-state index in [1.54, 1.807) is 0 Å². The van der Waals surface area contributed by atoms with Crippen LogP contribution in [0, 0.1) is 5.92 Å². The number of aliphatic hydroxyl groups is 1. The van der Waals surface area contributed by atoms with E-state index in [0.717, 1.165) is 25.7 Å². The van der Waals surface area contributed by atoms with E-state index in [1.165, 1.54) is 0 Å². The van der Waals surface area contributed by atoms with Crippen LogP contribution in [-0.2, 0) is 4.74 Å². The Labute approximate surface area is 68.6 Å². The summed E-state index contributed by atoms with van der Waals surface area (Å²) in [6, 6.07) is 0. The zero-order chi connectivity index (χ0) is 8.27. The maximum Gasteiger partial charge on any atom is 0.157 e. The van der Waals surface area contributed by atoms with Crippen molar-refractivity contribution in [3.63, 3.8) is 0 Å². The molecule has 1 heterocycles. The minimum atomic E-state index is -0.501. The van der Waals surface area contributed by atoms with Crippen molar-refractivity contribution < 1.29 is 9.84 Å². The van der Waals surface area contributed by atoms with Crippen molar-refractivity contribution in [1.82, 2.24) is 0 Å². The highest BCUT2D eigenvalue weighted by Crippen LogP contribution is 2.26. The maximum atomic E-state index is 9.45. The van der Waals surface area contributed by atoms with E-state index >= 15 is 0 Å². The van der Waals surface area contributed by atoms with Gasteiger partial charge in [0.2, 0.25) is 0 Å². The van der Waals surface area contributed by atoms with Gasteiger partial charge in [0.15, 0.2) is 6.29 Å². The average Bonchev–Trinajstić information content (AvgIpc) is 1.95. The van der Waals surface area contributed by atoms with E-state index in [9.17, 15) is 5.11 Å². The molecule has 1 fully saturated rings. The Morgan fingerprint density at radius 1 is 1.45 bits per heavy atom. The van der Waals surface area contributed by atoms with Gasteiger partial charge in [0.25, 0.3) is 0 Å². The van der Waals surface area contributed by atoms with Crippen molar-refractivity contribution in [2.24, 2.45) is 5.92 Å². The monoisotopic (exact) mass is 158 g/mol. The van der Waals surface area contributed by atoms with Crippen molar-refractivity contribution in [3.05, 3.63) is 0 Å². The molecular weight excluding hydrogens is 140 g/mol. The highest BCUT2D eigenvalue weighted by Gasteiger charge is 2.26. The molecule has 11 heavy (non-hydrogen) atoms. The molecule has 1 saturated heterocycles. The predicted molar refractivity (Wildman–Crippen MR) is 44.2 cm³/mol. The van der Waals surface area contributed by atoms with E-state index in [4.69, 9.17) is 4.74 Å². The Hall–Kier alpha value is -0.0800. The lowest BCUT2D eigenvalue weighted by atomic mass is 9.93. The van der Waals surface area contributed by atoms with Gasteiger partial charge in [0, 0.05) is 5.92 Å². The third-order valence-electron chi connectivity index (χ3n) is 2.38. The fourth-order valence-electron chi connectivity index (χ4n) is 1.67. The van der Waals surface area contributed by atoms with Crippen LogP contribution in [0.5, 0.6) is 0 Å². The Kier molecular flexibility index (Phi) is 3.34. The maximum absolute atomic E-state index is 9.45. The molecule has 0 radical (unpaired) electrons. The molecule has 1 aliphatic rings. The van der Waals surface area contributed by atoms with E-state index in [-0.39, 0.29) is 6.10 Å². The van der Waals surface area contributed by atoms with Crippen LogP contribution in [0.4, 0.5) is 0 Å². The first-order valence-electron chi connectivity index (χ1n) is 4.57. The fourth-order valence-corrected chi connectivity index (χ4v) is 1.67. The number of hydrogen-bond donors (Lipinski definition) is 1. The Bertz CT molecular complexity index is 114. The SMILES string of the molecule is CCCC1CCC(C)OC1O. The Morgan fingerprint density at radius 2 is 2.18 bits per heavy atom. The molecule has 0 spiro atoms. The summed E-state index contributed by atoms with van der Waals surface area (Å²) in [4.78, 5) is 0. The number of ether oxygens (including phenoxy) is 1. The largest absolute Gasteiger partial charge is 0.368 e. The second-order valence-corrected chi connectivity index (χ2v) is 3.46. The Balaban J connectivity index is 2.31. The van der Waals surface area contributed by atoms with E-state index in [0.29, 0.717) is 5.92 Å². The zero-order valence-electron chi connectivity index (χ0n) is 7.42.